The maximum absolute atomic E-state index is 12.1. The van der Waals surface area contributed by atoms with E-state index in [0.29, 0.717) is 19.6 Å². The summed E-state index contributed by atoms with van der Waals surface area (Å²) in [7, 11) is 0. The summed E-state index contributed by atoms with van der Waals surface area (Å²) in [5.74, 6) is -0.961. The average molecular weight is 433 g/mol. The molecule has 31 heavy (non-hydrogen) atoms. The van der Waals surface area contributed by atoms with Gasteiger partial charge in [-0.15, -0.1) is 0 Å². The third-order valence-electron chi connectivity index (χ3n) is 5.46. The van der Waals surface area contributed by atoms with Gasteiger partial charge < -0.3 is 24.8 Å². The lowest BCUT2D eigenvalue weighted by Gasteiger charge is -2.32. The fraction of sp³-hybridized carbons (Fsp3) is 0.524. The van der Waals surface area contributed by atoms with Gasteiger partial charge >= 0.3 is 12.1 Å². The molecule has 3 amide bonds. The van der Waals surface area contributed by atoms with Crippen molar-refractivity contribution in [3.63, 3.8) is 0 Å². The Bertz CT molecular complexity index is 819. The van der Waals surface area contributed by atoms with Crippen LogP contribution in [0.15, 0.2) is 24.3 Å². The van der Waals surface area contributed by atoms with Gasteiger partial charge in [-0.05, 0) is 36.5 Å². The van der Waals surface area contributed by atoms with Crippen LogP contribution in [-0.4, -0.2) is 79.4 Å². The molecular formula is C21H27N3O7. The first kappa shape index (κ1) is 22.5. The number of aliphatic hydroxyl groups is 1. The van der Waals surface area contributed by atoms with Crippen LogP contribution in [0.3, 0.4) is 0 Å². The van der Waals surface area contributed by atoms with E-state index in [1.807, 2.05) is 24.3 Å². The molecule has 2 aliphatic rings. The number of nitrogens with one attached hydrogen (secondary N) is 1. The molecule has 2 heterocycles. The van der Waals surface area contributed by atoms with Crippen LogP contribution < -0.4 is 10.2 Å². The van der Waals surface area contributed by atoms with Crippen molar-refractivity contribution in [1.29, 1.82) is 0 Å². The molecule has 2 saturated heterocycles. The Morgan fingerprint density at radius 2 is 1.87 bits per heavy atom. The van der Waals surface area contributed by atoms with Crippen molar-refractivity contribution in [3.8, 4) is 0 Å². The number of carbonyl (C=O) groups excluding carboxylic acids is 4. The Labute approximate surface area is 180 Å². The third kappa shape index (κ3) is 5.94. The van der Waals surface area contributed by atoms with Crippen molar-refractivity contribution >= 4 is 29.6 Å². The first-order valence-corrected chi connectivity index (χ1v) is 10.2. The van der Waals surface area contributed by atoms with Gasteiger partial charge in [-0.3, -0.25) is 14.5 Å². The van der Waals surface area contributed by atoms with Gasteiger partial charge in [0, 0.05) is 25.7 Å². The Morgan fingerprint density at radius 3 is 2.48 bits per heavy atom. The zero-order valence-electron chi connectivity index (χ0n) is 17.4. The van der Waals surface area contributed by atoms with E-state index in [1.54, 1.807) is 9.80 Å². The van der Waals surface area contributed by atoms with Gasteiger partial charge in [0.15, 0.2) is 6.61 Å². The van der Waals surface area contributed by atoms with Gasteiger partial charge in [-0.2, -0.15) is 0 Å². The second-order valence-corrected chi connectivity index (χ2v) is 7.62. The molecule has 2 N–H and O–H groups in total. The van der Waals surface area contributed by atoms with E-state index in [-0.39, 0.29) is 37.0 Å². The largest absolute Gasteiger partial charge is 0.454 e. The average Bonchev–Trinajstić information content (AvgIpc) is 3.16. The number of ether oxygens (including phenoxy) is 2. The van der Waals surface area contributed by atoms with E-state index >= 15 is 0 Å². The summed E-state index contributed by atoms with van der Waals surface area (Å²) in [6.07, 6.45) is 0.749. The zero-order chi connectivity index (χ0) is 22.4. The van der Waals surface area contributed by atoms with Gasteiger partial charge in [0.05, 0.1) is 13.1 Å². The SMILES string of the molecule is CC(=O)NC[C@H]1CN(c2ccc(C3CCN(C(=O)COC(=O)CO)CC3)cc2)C(=O)O1. The Hall–Kier alpha value is -3.14. The van der Waals surface area contributed by atoms with E-state index in [9.17, 15) is 19.2 Å². The van der Waals surface area contributed by atoms with Crippen molar-refractivity contribution in [2.45, 2.75) is 31.8 Å². The second kappa shape index (κ2) is 10.3. The highest BCUT2D eigenvalue weighted by atomic mass is 16.6. The van der Waals surface area contributed by atoms with Crippen LogP contribution >= 0.6 is 0 Å². The van der Waals surface area contributed by atoms with E-state index in [2.05, 4.69) is 10.1 Å². The number of cyclic esters (lactones) is 1. The fourth-order valence-electron chi connectivity index (χ4n) is 3.76. The maximum atomic E-state index is 12.1. The van der Waals surface area contributed by atoms with Crippen LogP contribution in [0, 0.1) is 0 Å². The fourth-order valence-corrected chi connectivity index (χ4v) is 3.76. The molecule has 2 fully saturated rings. The van der Waals surface area contributed by atoms with Gasteiger partial charge in [-0.1, -0.05) is 12.1 Å². The molecule has 0 unspecified atom stereocenters. The number of hydrogen-bond donors (Lipinski definition) is 2. The standard InChI is InChI=1S/C21H27N3O7/c1-14(26)22-10-18-11-24(21(29)31-18)17-4-2-15(3-5-17)16-6-8-23(9-7-16)19(27)13-30-20(28)12-25/h2-5,16,18,25H,6-13H2,1H3,(H,22,26)/t18-/m0/s1. The first-order valence-electron chi connectivity index (χ1n) is 10.2. The number of nitrogens with zero attached hydrogens (tertiary/aromatic N) is 2. The number of amides is 3. The number of hydrogen-bond acceptors (Lipinski definition) is 7. The van der Waals surface area contributed by atoms with Crippen LogP contribution in [0.5, 0.6) is 0 Å². The van der Waals surface area contributed by atoms with Crippen LogP contribution in [0.2, 0.25) is 0 Å². The highest BCUT2D eigenvalue weighted by Crippen LogP contribution is 2.30. The number of benzene rings is 1. The van der Waals surface area contributed by atoms with Crippen molar-refractivity contribution in [3.05, 3.63) is 29.8 Å². The van der Waals surface area contributed by atoms with Crippen LogP contribution in [0.4, 0.5) is 10.5 Å². The lowest BCUT2D eigenvalue weighted by Crippen LogP contribution is -2.40. The number of likely N-dealkylation sites (tertiary alicyclic amines) is 1. The Morgan fingerprint density at radius 1 is 1.19 bits per heavy atom. The topological polar surface area (TPSA) is 125 Å². The number of aliphatic hydroxyl groups excluding tert-OH is 1. The molecule has 0 bridgehead atoms. The molecular weight excluding hydrogens is 406 g/mol. The molecule has 10 heteroatoms. The molecule has 1 aromatic carbocycles. The van der Waals surface area contributed by atoms with Crippen molar-refractivity contribution in [2.24, 2.45) is 0 Å². The van der Waals surface area contributed by atoms with Crippen LogP contribution in [0.25, 0.3) is 0 Å². The lowest BCUT2D eigenvalue weighted by molar-refractivity contribution is -0.154. The Kier molecular flexibility index (Phi) is 7.45. The molecule has 0 aliphatic carbocycles. The van der Waals surface area contributed by atoms with E-state index < -0.39 is 18.7 Å². The quantitative estimate of drug-likeness (QED) is 0.596. The molecule has 1 atom stereocenters. The van der Waals surface area contributed by atoms with Gasteiger partial charge in [-0.25, -0.2) is 9.59 Å². The Balaban J connectivity index is 1.50. The molecule has 0 radical (unpaired) electrons. The summed E-state index contributed by atoms with van der Waals surface area (Å²) < 4.78 is 9.97. The molecule has 1 aromatic rings. The summed E-state index contributed by atoms with van der Waals surface area (Å²) in [4.78, 5) is 49.4. The molecule has 0 saturated carbocycles. The number of carbonyl (C=O) groups is 4. The first-order chi connectivity index (χ1) is 14.9. The molecule has 168 valence electrons. The number of esters is 1. The normalized spacial score (nSPS) is 19.2. The summed E-state index contributed by atoms with van der Waals surface area (Å²) in [6, 6.07) is 7.72. The summed E-state index contributed by atoms with van der Waals surface area (Å²) in [5.41, 5.74) is 1.86. The summed E-state index contributed by atoms with van der Waals surface area (Å²) in [5, 5.41) is 11.3. The minimum Gasteiger partial charge on any atom is -0.454 e. The summed E-state index contributed by atoms with van der Waals surface area (Å²) in [6.45, 7) is 2.10. The number of rotatable bonds is 7. The van der Waals surface area contributed by atoms with E-state index in [4.69, 9.17) is 9.84 Å². The van der Waals surface area contributed by atoms with Crippen molar-refractivity contribution in [1.82, 2.24) is 10.2 Å². The molecule has 3 rings (SSSR count). The van der Waals surface area contributed by atoms with Crippen molar-refractivity contribution in [2.75, 3.05) is 44.3 Å². The van der Waals surface area contributed by atoms with Gasteiger partial charge in [0.1, 0.15) is 12.7 Å². The minimum absolute atomic E-state index is 0.169. The highest BCUT2D eigenvalue weighted by Gasteiger charge is 2.32. The number of anilines is 1. The molecule has 0 aromatic heterocycles. The zero-order valence-corrected chi connectivity index (χ0v) is 17.4. The van der Waals surface area contributed by atoms with Crippen LogP contribution in [0.1, 0.15) is 31.2 Å². The van der Waals surface area contributed by atoms with E-state index in [0.717, 1.165) is 24.1 Å². The second-order valence-electron chi connectivity index (χ2n) is 7.62. The molecule has 2 aliphatic heterocycles. The predicted molar refractivity (Wildman–Crippen MR) is 109 cm³/mol. The summed E-state index contributed by atoms with van der Waals surface area (Å²) >= 11 is 0. The monoisotopic (exact) mass is 433 g/mol. The third-order valence-corrected chi connectivity index (χ3v) is 5.46. The lowest BCUT2D eigenvalue weighted by atomic mass is 9.89. The van der Waals surface area contributed by atoms with Crippen molar-refractivity contribution < 1.29 is 33.8 Å². The predicted octanol–water partition coefficient (Wildman–Crippen LogP) is 0.389. The molecule has 0 spiro atoms. The smallest absolute Gasteiger partial charge is 0.414 e. The minimum atomic E-state index is -0.813. The highest BCUT2D eigenvalue weighted by molar-refractivity contribution is 5.89. The van der Waals surface area contributed by atoms with Gasteiger partial charge in [0.2, 0.25) is 5.91 Å². The maximum Gasteiger partial charge on any atom is 0.414 e. The molecule has 10 nitrogen and oxygen atoms in total. The van der Waals surface area contributed by atoms with E-state index in [1.165, 1.54) is 6.92 Å². The van der Waals surface area contributed by atoms with Gasteiger partial charge in [0.25, 0.3) is 5.91 Å². The van der Waals surface area contributed by atoms with Crippen LogP contribution in [-0.2, 0) is 23.9 Å². The number of piperidine rings is 1.